The molecule has 0 atom stereocenters. The Balaban J connectivity index is 1.72. The molecule has 84 valence electrons. The van der Waals surface area contributed by atoms with Crippen LogP contribution >= 0.6 is 11.8 Å². The summed E-state index contributed by atoms with van der Waals surface area (Å²) >= 11 is 1.63. The average molecular weight is 235 g/mol. The molecule has 0 saturated carbocycles. The number of nitrogens with zero attached hydrogens (tertiary/aromatic N) is 1. The van der Waals surface area contributed by atoms with Crippen molar-refractivity contribution in [2.45, 2.75) is 5.16 Å². The largest absolute Gasteiger partial charge is 0.493 e. The van der Waals surface area contributed by atoms with E-state index in [0.29, 0.717) is 6.61 Å². The number of nitrogen functional groups attached to an aromatic ring is 1. The molecule has 16 heavy (non-hydrogen) atoms. The first-order chi connectivity index (χ1) is 7.84. The molecule has 0 amide bonds. The first-order valence-electron chi connectivity index (χ1n) is 4.95. The van der Waals surface area contributed by atoms with Gasteiger partial charge in [0, 0.05) is 29.9 Å². The van der Waals surface area contributed by atoms with Crippen LogP contribution in [0.5, 0.6) is 5.75 Å². The van der Waals surface area contributed by atoms with Gasteiger partial charge in [-0.1, -0.05) is 17.8 Å². The minimum atomic E-state index is 0.634. The second-order valence-electron chi connectivity index (χ2n) is 3.16. The van der Waals surface area contributed by atoms with Crippen molar-refractivity contribution in [3.8, 4) is 5.75 Å². The van der Waals surface area contributed by atoms with E-state index in [9.17, 15) is 0 Å². The van der Waals surface area contributed by atoms with Crippen LogP contribution in [0.2, 0.25) is 0 Å². The van der Waals surface area contributed by atoms with Crippen molar-refractivity contribution in [2.75, 3.05) is 18.1 Å². The second-order valence-corrected chi connectivity index (χ2v) is 4.25. The van der Waals surface area contributed by atoms with Gasteiger partial charge < -0.3 is 15.5 Å². The van der Waals surface area contributed by atoms with Crippen LogP contribution in [0.15, 0.2) is 41.8 Å². The Morgan fingerprint density at radius 2 is 2.38 bits per heavy atom. The summed E-state index contributed by atoms with van der Waals surface area (Å²) in [6.45, 7) is 0.634. The first kappa shape index (κ1) is 10.9. The van der Waals surface area contributed by atoms with E-state index in [1.165, 1.54) is 0 Å². The summed E-state index contributed by atoms with van der Waals surface area (Å²) in [5.74, 6) is 1.66. The first-order valence-corrected chi connectivity index (χ1v) is 5.94. The number of anilines is 1. The fraction of sp³-hybridized carbons (Fsp3) is 0.182. The molecule has 3 N–H and O–H groups in total. The summed E-state index contributed by atoms with van der Waals surface area (Å²) in [5.41, 5.74) is 6.36. The topological polar surface area (TPSA) is 63.9 Å². The predicted octanol–water partition coefficient (Wildman–Crippen LogP) is 2.16. The lowest BCUT2D eigenvalue weighted by atomic mass is 10.3. The van der Waals surface area contributed by atoms with E-state index in [2.05, 4.69) is 9.97 Å². The summed E-state index contributed by atoms with van der Waals surface area (Å²) in [4.78, 5) is 7.13. The van der Waals surface area contributed by atoms with Crippen LogP contribution in [0.3, 0.4) is 0 Å². The molecule has 2 rings (SSSR count). The van der Waals surface area contributed by atoms with Crippen molar-refractivity contribution in [1.29, 1.82) is 0 Å². The van der Waals surface area contributed by atoms with Gasteiger partial charge in [0.25, 0.3) is 0 Å². The zero-order valence-corrected chi connectivity index (χ0v) is 9.54. The molecule has 0 spiro atoms. The standard InChI is InChI=1S/C11H13N3OS/c12-9-2-1-3-10(8-9)15-6-7-16-11-13-4-5-14-11/h1-5,8H,6-7,12H2,(H,13,14). The number of benzene rings is 1. The van der Waals surface area contributed by atoms with Crippen molar-refractivity contribution in [3.63, 3.8) is 0 Å². The maximum Gasteiger partial charge on any atom is 0.165 e. The zero-order chi connectivity index (χ0) is 11.2. The summed E-state index contributed by atoms with van der Waals surface area (Å²) < 4.78 is 5.54. The smallest absolute Gasteiger partial charge is 0.165 e. The van der Waals surface area contributed by atoms with Gasteiger partial charge in [0.15, 0.2) is 5.16 Å². The van der Waals surface area contributed by atoms with Crippen molar-refractivity contribution in [3.05, 3.63) is 36.7 Å². The molecule has 0 aliphatic rings. The number of aromatic nitrogens is 2. The van der Waals surface area contributed by atoms with Gasteiger partial charge in [-0.2, -0.15) is 0 Å². The highest BCUT2D eigenvalue weighted by Gasteiger charge is 1.97. The van der Waals surface area contributed by atoms with E-state index in [1.807, 2.05) is 24.3 Å². The molecule has 0 fully saturated rings. The van der Waals surface area contributed by atoms with Crippen LogP contribution in [0, 0.1) is 0 Å². The Morgan fingerprint density at radius 1 is 1.44 bits per heavy atom. The SMILES string of the molecule is Nc1cccc(OCCSc2ncc[nH]2)c1. The van der Waals surface area contributed by atoms with Crippen molar-refractivity contribution >= 4 is 17.4 Å². The Kier molecular flexibility index (Phi) is 3.71. The van der Waals surface area contributed by atoms with Crippen molar-refractivity contribution in [2.24, 2.45) is 0 Å². The Hall–Kier alpha value is -1.62. The molecule has 0 saturated heterocycles. The fourth-order valence-corrected chi connectivity index (χ4v) is 1.88. The van der Waals surface area contributed by atoms with Gasteiger partial charge in [-0.25, -0.2) is 4.98 Å². The third kappa shape index (κ3) is 3.20. The highest BCUT2D eigenvalue weighted by molar-refractivity contribution is 7.99. The number of hydrogen-bond acceptors (Lipinski definition) is 4. The number of thioether (sulfide) groups is 1. The van der Waals surface area contributed by atoms with Gasteiger partial charge in [-0.3, -0.25) is 0 Å². The molecular formula is C11H13N3OS. The number of hydrogen-bond donors (Lipinski definition) is 2. The van der Waals surface area contributed by atoms with Crippen LogP contribution in [0.4, 0.5) is 5.69 Å². The molecule has 1 aromatic heterocycles. The molecule has 0 radical (unpaired) electrons. The number of nitrogens with two attached hydrogens (primary N) is 1. The Bertz CT molecular complexity index is 431. The Labute approximate surface area is 98.2 Å². The highest BCUT2D eigenvalue weighted by atomic mass is 32.2. The predicted molar refractivity (Wildman–Crippen MR) is 65.7 cm³/mol. The Morgan fingerprint density at radius 3 is 3.12 bits per heavy atom. The second kappa shape index (κ2) is 5.46. The number of rotatable bonds is 5. The molecule has 0 aliphatic carbocycles. The zero-order valence-electron chi connectivity index (χ0n) is 8.72. The molecule has 2 aromatic rings. The van der Waals surface area contributed by atoms with E-state index < -0.39 is 0 Å². The molecule has 1 aromatic carbocycles. The van der Waals surface area contributed by atoms with Gasteiger partial charge in [0.05, 0.1) is 6.61 Å². The van der Waals surface area contributed by atoms with Gasteiger partial charge in [-0.15, -0.1) is 0 Å². The minimum absolute atomic E-state index is 0.634. The molecule has 5 heteroatoms. The number of ether oxygens (including phenoxy) is 1. The number of imidazole rings is 1. The summed E-state index contributed by atoms with van der Waals surface area (Å²) in [6, 6.07) is 7.43. The third-order valence-electron chi connectivity index (χ3n) is 1.92. The normalized spacial score (nSPS) is 10.2. The summed E-state index contributed by atoms with van der Waals surface area (Å²) in [7, 11) is 0. The van der Waals surface area contributed by atoms with Gasteiger partial charge in [0.1, 0.15) is 5.75 Å². The van der Waals surface area contributed by atoms with E-state index in [4.69, 9.17) is 10.5 Å². The van der Waals surface area contributed by atoms with E-state index >= 15 is 0 Å². The molecule has 0 aliphatic heterocycles. The lowest BCUT2D eigenvalue weighted by Gasteiger charge is -2.05. The lowest BCUT2D eigenvalue weighted by molar-refractivity contribution is 0.344. The van der Waals surface area contributed by atoms with Crippen LogP contribution in [0.25, 0.3) is 0 Å². The average Bonchev–Trinajstić information content (AvgIpc) is 2.77. The van der Waals surface area contributed by atoms with Gasteiger partial charge in [-0.05, 0) is 12.1 Å². The van der Waals surface area contributed by atoms with E-state index in [1.54, 1.807) is 24.2 Å². The maximum absolute atomic E-state index is 5.64. The molecule has 0 unspecified atom stereocenters. The van der Waals surface area contributed by atoms with Gasteiger partial charge in [0.2, 0.25) is 0 Å². The quantitative estimate of drug-likeness (QED) is 0.473. The van der Waals surface area contributed by atoms with E-state index in [-0.39, 0.29) is 0 Å². The number of nitrogens with one attached hydrogen (secondary N) is 1. The minimum Gasteiger partial charge on any atom is -0.493 e. The maximum atomic E-state index is 5.64. The van der Waals surface area contributed by atoms with Crippen molar-refractivity contribution < 1.29 is 4.74 Å². The van der Waals surface area contributed by atoms with Crippen LogP contribution in [0.1, 0.15) is 0 Å². The van der Waals surface area contributed by atoms with Crippen LogP contribution < -0.4 is 10.5 Å². The van der Waals surface area contributed by atoms with Crippen LogP contribution in [-0.4, -0.2) is 22.3 Å². The highest BCUT2D eigenvalue weighted by Crippen LogP contribution is 2.16. The summed E-state index contributed by atoms with van der Waals surface area (Å²) in [5, 5.41) is 0.913. The number of H-pyrrole nitrogens is 1. The van der Waals surface area contributed by atoms with E-state index in [0.717, 1.165) is 22.3 Å². The number of aromatic amines is 1. The van der Waals surface area contributed by atoms with Crippen LogP contribution in [-0.2, 0) is 0 Å². The molecule has 1 heterocycles. The lowest BCUT2D eigenvalue weighted by Crippen LogP contribution is -2.00. The summed E-state index contributed by atoms with van der Waals surface area (Å²) in [6.07, 6.45) is 3.54. The van der Waals surface area contributed by atoms with Crippen molar-refractivity contribution in [1.82, 2.24) is 9.97 Å². The fourth-order valence-electron chi connectivity index (χ4n) is 1.23. The third-order valence-corrected chi connectivity index (χ3v) is 2.79. The molecule has 0 bridgehead atoms. The monoisotopic (exact) mass is 235 g/mol. The van der Waals surface area contributed by atoms with Gasteiger partial charge >= 0.3 is 0 Å². The molecule has 4 nitrogen and oxygen atoms in total. The molecular weight excluding hydrogens is 222 g/mol.